The number of hydrogen-bond acceptors (Lipinski definition) is 5. The fraction of sp³-hybridized carbons (Fsp3) is 0.238. The molecule has 2 aromatic carbocycles. The van der Waals surface area contributed by atoms with Crippen molar-refractivity contribution in [3.63, 3.8) is 0 Å². The van der Waals surface area contributed by atoms with Gasteiger partial charge in [-0.25, -0.2) is 9.97 Å². The largest absolute Gasteiger partial charge is 0.491 e. The molecule has 2 N–H and O–H groups in total. The number of hydrogen-bond donors (Lipinski definition) is 2. The van der Waals surface area contributed by atoms with Crippen LogP contribution in [0.3, 0.4) is 0 Å². The average molecular weight is 392 g/mol. The first kappa shape index (κ1) is 17.7. The molecular formula is C21H19BClN3O2. The molecule has 2 heterocycles. The third-order valence-corrected chi connectivity index (χ3v) is 5.54. The first-order valence-corrected chi connectivity index (χ1v) is 9.80. The molecule has 28 heavy (non-hydrogen) atoms. The third-order valence-electron chi connectivity index (χ3n) is 5.23. The van der Waals surface area contributed by atoms with Crippen LogP contribution in [0.1, 0.15) is 35.7 Å². The Morgan fingerprint density at radius 1 is 1.14 bits per heavy atom. The summed E-state index contributed by atoms with van der Waals surface area (Å²) in [6, 6.07) is 13.7. The minimum absolute atomic E-state index is 0.372. The molecule has 0 amide bonds. The Bertz CT molecular complexity index is 1070. The van der Waals surface area contributed by atoms with E-state index in [0.29, 0.717) is 23.5 Å². The van der Waals surface area contributed by atoms with Crippen molar-refractivity contribution in [1.82, 2.24) is 9.97 Å². The summed E-state index contributed by atoms with van der Waals surface area (Å²) in [5, 5.41) is 14.1. The van der Waals surface area contributed by atoms with E-state index in [1.165, 1.54) is 12.8 Å². The second-order valence-electron chi connectivity index (χ2n) is 7.40. The van der Waals surface area contributed by atoms with Gasteiger partial charge in [0, 0.05) is 39.1 Å². The van der Waals surface area contributed by atoms with E-state index in [9.17, 15) is 5.02 Å². The number of nitrogens with zero attached hydrogens (tertiary/aromatic N) is 2. The predicted octanol–water partition coefficient (Wildman–Crippen LogP) is 3.94. The predicted molar refractivity (Wildman–Crippen MR) is 111 cm³/mol. The zero-order chi connectivity index (χ0) is 19.3. The number of para-hydroxylation sites is 1. The van der Waals surface area contributed by atoms with Crippen molar-refractivity contribution >= 4 is 35.8 Å². The van der Waals surface area contributed by atoms with Gasteiger partial charge in [-0.3, -0.25) is 0 Å². The summed E-state index contributed by atoms with van der Waals surface area (Å²) in [6.07, 6.45) is 2.39. The van der Waals surface area contributed by atoms with Crippen molar-refractivity contribution in [2.75, 3.05) is 5.32 Å². The van der Waals surface area contributed by atoms with E-state index in [-0.39, 0.29) is 0 Å². The van der Waals surface area contributed by atoms with E-state index in [1.54, 1.807) is 0 Å². The van der Waals surface area contributed by atoms with E-state index < -0.39 is 7.12 Å². The fourth-order valence-electron chi connectivity index (χ4n) is 3.64. The summed E-state index contributed by atoms with van der Waals surface area (Å²) < 4.78 is 5.31. The maximum atomic E-state index is 10.1. The van der Waals surface area contributed by atoms with E-state index in [2.05, 4.69) is 16.4 Å². The molecule has 5 rings (SSSR count). The van der Waals surface area contributed by atoms with Gasteiger partial charge >= 0.3 is 7.12 Å². The van der Waals surface area contributed by atoms with E-state index in [0.717, 1.165) is 39.2 Å². The standard InChI is InChI=1S/C21H19BClN3O2/c1-12-8-20(13-6-7-13)26-21(24-12)25-19-5-3-2-4-15(19)16-10-17-14(9-18(16)23)11-28-22(17)27/h2-5,8-10,13,27H,6-7,11H2,1H3,(H,24,25,26). The number of anilines is 2. The van der Waals surface area contributed by atoms with Gasteiger partial charge in [-0.1, -0.05) is 35.9 Å². The second-order valence-corrected chi connectivity index (χ2v) is 7.80. The zero-order valence-corrected chi connectivity index (χ0v) is 16.2. The van der Waals surface area contributed by atoms with E-state index in [4.69, 9.17) is 21.2 Å². The number of fused-ring (bicyclic) bond motifs is 1. The van der Waals surface area contributed by atoms with Crippen molar-refractivity contribution in [2.24, 2.45) is 0 Å². The first-order chi connectivity index (χ1) is 13.6. The van der Waals surface area contributed by atoms with Crippen LogP contribution in [0.15, 0.2) is 42.5 Å². The minimum atomic E-state index is -0.910. The number of aromatic nitrogens is 2. The van der Waals surface area contributed by atoms with Gasteiger partial charge < -0.3 is 15.0 Å². The van der Waals surface area contributed by atoms with Gasteiger partial charge in [0.1, 0.15) is 0 Å². The molecule has 0 saturated heterocycles. The fourth-order valence-corrected chi connectivity index (χ4v) is 3.92. The second kappa shape index (κ2) is 6.89. The highest BCUT2D eigenvalue weighted by Gasteiger charge is 2.29. The lowest BCUT2D eigenvalue weighted by molar-refractivity contribution is 0.275. The van der Waals surface area contributed by atoms with Gasteiger partial charge in [0.2, 0.25) is 5.95 Å². The molecular weight excluding hydrogens is 373 g/mol. The van der Waals surface area contributed by atoms with Gasteiger partial charge in [-0.15, -0.1) is 0 Å². The van der Waals surface area contributed by atoms with Crippen LogP contribution in [0.25, 0.3) is 11.1 Å². The summed E-state index contributed by atoms with van der Waals surface area (Å²) in [7, 11) is -0.910. The highest BCUT2D eigenvalue weighted by molar-refractivity contribution is 6.61. The minimum Gasteiger partial charge on any atom is -0.423 e. The number of aryl methyl sites for hydroxylation is 1. The lowest BCUT2D eigenvalue weighted by atomic mass is 9.78. The maximum Gasteiger partial charge on any atom is 0.491 e. The van der Waals surface area contributed by atoms with Gasteiger partial charge in [0.25, 0.3) is 0 Å². The van der Waals surface area contributed by atoms with Crippen molar-refractivity contribution in [1.29, 1.82) is 0 Å². The van der Waals surface area contributed by atoms with Crippen molar-refractivity contribution < 1.29 is 9.68 Å². The molecule has 3 aromatic rings. The lowest BCUT2D eigenvalue weighted by Gasteiger charge is -2.14. The van der Waals surface area contributed by atoms with Gasteiger partial charge in [-0.2, -0.15) is 0 Å². The molecule has 1 aliphatic carbocycles. The van der Waals surface area contributed by atoms with Crippen LogP contribution in [0.4, 0.5) is 11.6 Å². The molecule has 5 nitrogen and oxygen atoms in total. The van der Waals surface area contributed by atoms with Crippen LogP contribution in [-0.4, -0.2) is 22.1 Å². The third kappa shape index (κ3) is 3.28. The highest BCUT2D eigenvalue weighted by Crippen LogP contribution is 2.40. The summed E-state index contributed by atoms with van der Waals surface area (Å²) in [5.74, 6) is 1.15. The summed E-state index contributed by atoms with van der Waals surface area (Å²) in [4.78, 5) is 9.25. The average Bonchev–Trinajstić information content (AvgIpc) is 3.46. The SMILES string of the molecule is Cc1cc(C2CC2)nc(Nc2ccccc2-c2cc3c(cc2Cl)COB3O)n1. The van der Waals surface area contributed by atoms with Crippen molar-refractivity contribution in [3.8, 4) is 11.1 Å². The Morgan fingerprint density at radius 2 is 1.96 bits per heavy atom. The van der Waals surface area contributed by atoms with Gasteiger partial charge in [0.05, 0.1) is 6.61 Å². The monoisotopic (exact) mass is 391 g/mol. The smallest absolute Gasteiger partial charge is 0.423 e. The number of nitrogens with one attached hydrogen (secondary N) is 1. The molecule has 1 fully saturated rings. The number of halogens is 1. The van der Waals surface area contributed by atoms with Gasteiger partial charge in [0.15, 0.2) is 0 Å². The number of rotatable bonds is 4. The molecule has 0 unspecified atom stereocenters. The Hall–Kier alpha value is -2.41. The Labute approximate surface area is 168 Å². The number of benzene rings is 2. The lowest BCUT2D eigenvalue weighted by Crippen LogP contribution is -2.28. The molecule has 2 aliphatic rings. The molecule has 140 valence electrons. The van der Waals surface area contributed by atoms with Crippen molar-refractivity contribution in [2.45, 2.75) is 32.3 Å². The first-order valence-electron chi connectivity index (χ1n) is 9.42. The maximum absolute atomic E-state index is 10.1. The zero-order valence-electron chi connectivity index (χ0n) is 15.4. The molecule has 1 aromatic heterocycles. The van der Waals surface area contributed by atoms with Crippen molar-refractivity contribution in [3.05, 3.63) is 64.4 Å². The molecule has 1 aliphatic heterocycles. The highest BCUT2D eigenvalue weighted by atomic mass is 35.5. The Balaban J connectivity index is 1.55. The van der Waals surface area contributed by atoms with Crippen LogP contribution < -0.4 is 10.8 Å². The molecule has 0 spiro atoms. The molecule has 0 bridgehead atoms. The quantitative estimate of drug-likeness (QED) is 0.659. The Kier molecular flexibility index (Phi) is 4.35. The Morgan fingerprint density at radius 3 is 2.79 bits per heavy atom. The molecule has 0 atom stereocenters. The van der Waals surface area contributed by atoms with E-state index >= 15 is 0 Å². The molecule has 0 radical (unpaired) electrons. The summed E-state index contributed by atoms with van der Waals surface area (Å²) in [6.45, 7) is 2.36. The van der Waals surface area contributed by atoms with Gasteiger partial charge in [-0.05, 0) is 49.0 Å². The van der Waals surface area contributed by atoms with Crippen LogP contribution >= 0.6 is 11.6 Å². The normalized spacial score (nSPS) is 15.6. The topological polar surface area (TPSA) is 67.3 Å². The molecule has 1 saturated carbocycles. The van der Waals surface area contributed by atoms with Crippen LogP contribution in [0.5, 0.6) is 0 Å². The van der Waals surface area contributed by atoms with Crippen LogP contribution in [-0.2, 0) is 11.3 Å². The van der Waals surface area contributed by atoms with Crippen LogP contribution in [0.2, 0.25) is 5.02 Å². The molecule has 7 heteroatoms. The summed E-state index contributed by atoms with van der Waals surface area (Å²) in [5.41, 5.74) is 6.36. The summed E-state index contributed by atoms with van der Waals surface area (Å²) >= 11 is 6.57. The van der Waals surface area contributed by atoms with E-state index in [1.807, 2.05) is 43.3 Å². The van der Waals surface area contributed by atoms with Crippen LogP contribution in [0, 0.1) is 6.92 Å².